The fraction of sp³-hybridized carbons (Fsp3) is 0.231. The van der Waals surface area contributed by atoms with Gasteiger partial charge in [0, 0.05) is 17.3 Å². The van der Waals surface area contributed by atoms with Crippen molar-refractivity contribution in [3.05, 3.63) is 95.9 Å². The van der Waals surface area contributed by atoms with E-state index in [2.05, 4.69) is 10.4 Å². The zero-order valence-electron chi connectivity index (χ0n) is 18.0. The number of nitrogens with zero attached hydrogens (tertiary/aromatic N) is 2. The maximum absolute atomic E-state index is 13.3. The molecule has 174 valence electrons. The molecule has 4 nitrogen and oxygen atoms in total. The summed E-state index contributed by atoms with van der Waals surface area (Å²) in [5, 5.41) is 7.80. The fourth-order valence-electron chi connectivity index (χ4n) is 4.77. The van der Waals surface area contributed by atoms with Crippen LogP contribution in [0.1, 0.15) is 24.0 Å². The summed E-state index contributed by atoms with van der Waals surface area (Å²) >= 11 is 0. The Kier molecular flexibility index (Phi) is 5.38. The Balaban J connectivity index is 1.45. The lowest BCUT2D eigenvalue weighted by Crippen LogP contribution is -2.31. The van der Waals surface area contributed by atoms with E-state index >= 15 is 0 Å². The van der Waals surface area contributed by atoms with Gasteiger partial charge in [-0.15, -0.1) is 0 Å². The third kappa shape index (κ3) is 4.16. The van der Waals surface area contributed by atoms with Gasteiger partial charge in [0.2, 0.25) is 5.91 Å². The maximum atomic E-state index is 13.3. The second kappa shape index (κ2) is 8.27. The number of halogens is 4. The number of nitrogens with one attached hydrogen (secondary N) is 1. The van der Waals surface area contributed by atoms with E-state index in [-0.39, 0.29) is 18.3 Å². The molecule has 1 aromatic heterocycles. The van der Waals surface area contributed by atoms with E-state index in [0.29, 0.717) is 6.42 Å². The highest BCUT2D eigenvalue weighted by molar-refractivity contribution is 5.82. The van der Waals surface area contributed by atoms with Gasteiger partial charge in [-0.2, -0.15) is 18.3 Å². The van der Waals surface area contributed by atoms with Crippen LogP contribution in [0.3, 0.4) is 0 Å². The minimum absolute atomic E-state index is 0.0309. The molecule has 0 spiro atoms. The van der Waals surface area contributed by atoms with Crippen LogP contribution in [0.5, 0.6) is 0 Å². The van der Waals surface area contributed by atoms with E-state index < -0.39 is 23.9 Å². The summed E-state index contributed by atoms with van der Waals surface area (Å²) in [5.74, 6) is -1.37. The highest BCUT2D eigenvalue weighted by Gasteiger charge is 2.56. The lowest BCUT2D eigenvalue weighted by molar-refractivity contribution is -0.153. The third-order valence-corrected chi connectivity index (χ3v) is 6.46. The van der Waals surface area contributed by atoms with Crippen molar-refractivity contribution in [2.45, 2.75) is 24.4 Å². The van der Waals surface area contributed by atoms with Gasteiger partial charge in [0.15, 0.2) is 0 Å². The van der Waals surface area contributed by atoms with Crippen molar-refractivity contribution in [2.75, 3.05) is 6.54 Å². The molecule has 1 saturated carbocycles. The molecule has 8 heteroatoms. The maximum Gasteiger partial charge on any atom is 0.397 e. The van der Waals surface area contributed by atoms with Crippen LogP contribution in [0, 0.1) is 11.7 Å². The Morgan fingerprint density at radius 2 is 1.76 bits per heavy atom. The smallest absolute Gasteiger partial charge is 0.355 e. The van der Waals surface area contributed by atoms with Crippen molar-refractivity contribution in [1.29, 1.82) is 0 Å². The summed E-state index contributed by atoms with van der Waals surface area (Å²) in [4.78, 5) is 11.7. The molecule has 1 amide bonds. The number of aromatic nitrogens is 2. The summed E-state index contributed by atoms with van der Waals surface area (Å²) in [6, 6.07) is 21.8. The van der Waals surface area contributed by atoms with Crippen LogP contribution in [-0.4, -0.2) is 28.4 Å². The lowest BCUT2D eigenvalue weighted by atomic mass is 9.85. The highest BCUT2D eigenvalue weighted by Crippen LogP contribution is 2.58. The van der Waals surface area contributed by atoms with Crippen molar-refractivity contribution in [1.82, 2.24) is 15.1 Å². The van der Waals surface area contributed by atoms with Gasteiger partial charge in [-0.1, -0.05) is 36.4 Å². The fourth-order valence-corrected chi connectivity index (χ4v) is 4.77. The molecule has 0 saturated heterocycles. The molecule has 5 rings (SSSR count). The number of benzene rings is 3. The van der Waals surface area contributed by atoms with Gasteiger partial charge in [-0.25, -0.2) is 9.07 Å². The van der Waals surface area contributed by atoms with Gasteiger partial charge in [-0.3, -0.25) is 4.79 Å². The predicted octanol–water partition coefficient (Wildman–Crippen LogP) is 5.54. The standard InChI is InChI=1S/C26H21F4N3O/c27-21-7-9-22(10-8-21)33-23-11-6-19(12-17(23)15-32-33)25(18-4-2-1-3-5-18)13-20(25)16-31-24(34)14-26(28,29)30/h1-12,15,20H,13-14,16H2,(H,31,34). The summed E-state index contributed by atoms with van der Waals surface area (Å²) in [5.41, 5.74) is 3.25. The second-order valence-corrected chi connectivity index (χ2v) is 8.64. The van der Waals surface area contributed by atoms with E-state index in [0.717, 1.165) is 27.7 Å². The number of carbonyl (C=O) groups excluding carboxylic acids is 1. The molecule has 3 aromatic carbocycles. The van der Waals surface area contributed by atoms with Gasteiger partial charge in [0.1, 0.15) is 12.2 Å². The van der Waals surface area contributed by atoms with Gasteiger partial charge < -0.3 is 5.32 Å². The van der Waals surface area contributed by atoms with Crippen LogP contribution < -0.4 is 5.32 Å². The molecule has 0 radical (unpaired) electrons. The van der Waals surface area contributed by atoms with E-state index in [9.17, 15) is 22.4 Å². The van der Waals surface area contributed by atoms with Crippen LogP contribution >= 0.6 is 0 Å². The number of fused-ring (bicyclic) bond motifs is 1. The van der Waals surface area contributed by atoms with E-state index in [1.54, 1.807) is 23.0 Å². The molecule has 0 aliphatic heterocycles. The van der Waals surface area contributed by atoms with Crippen molar-refractivity contribution in [2.24, 2.45) is 5.92 Å². The van der Waals surface area contributed by atoms with Crippen LogP contribution in [0.25, 0.3) is 16.6 Å². The number of hydrogen-bond acceptors (Lipinski definition) is 2. The monoisotopic (exact) mass is 467 g/mol. The predicted molar refractivity (Wildman–Crippen MR) is 120 cm³/mol. The third-order valence-electron chi connectivity index (χ3n) is 6.46. The zero-order valence-corrected chi connectivity index (χ0v) is 18.0. The van der Waals surface area contributed by atoms with E-state index in [1.807, 2.05) is 48.5 Å². The summed E-state index contributed by atoms with van der Waals surface area (Å²) < 4.78 is 52.6. The molecule has 2 atom stereocenters. The summed E-state index contributed by atoms with van der Waals surface area (Å²) in [6.45, 7) is 0.163. The molecule has 4 aromatic rings. The van der Waals surface area contributed by atoms with Crippen LogP contribution in [0.4, 0.5) is 17.6 Å². The highest BCUT2D eigenvalue weighted by atomic mass is 19.4. The molecule has 1 N–H and O–H groups in total. The molecule has 1 aliphatic carbocycles. The molecule has 1 fully saturated rings. The lowest BCUT2D eigenvalue weighted by Gasteiger charge is -2.20. The van der Waals surface area contributed by atoms with Crippen molar-refractivity contribution < 1.29 is 22.4 Å². The summed E-state index contributed by atoms with van der Waals surface area (Å²) in [7, 11) is 0. The molecule has 1 aliphatic rings. The van der Waals surface area contributed by atoms with Gasteiger partial charge in [-0.05, 0) is 59.9 Å². The van der Waals surface area contributed by atoms with Crippen molar-refractivity contribution in [3.8, 4) is 5.69 Å². The average molecular weight is 467 g/mol. The minimum Gasteiger partial charge on any atom is -0.355 e. The summed E-state index contributed by atoms with van der Waals surface area (Å²) in [6.07, 6.45) is -3.56. The first kappa shape index (κ1) is 22.1. The quantitative estimate of drug-likeness (QED) is 0.379. The molecule has 34 heavy (non-hydrogen) atoms. The molecule has 0 bridgehead atoms. The number of rotatable bonds is 6. The number of alkyl halides is 3. The second-order valence-electron chi connectivity index (χ2n) is 8.64. The first-order valence-corrected chi connectivity index (χ1v) is 10.9. The van der Waals surface area contributed by atoms with Gasteiger partial charge in [0.25, 0.3) is 0 Å². The van der Waals surface area contributed by atoms with Crippen LogP contribution in [-0.2, 0) is 10.2 Å². The van der Waals surface area contributed by atoms with Gasteiger partial charge >= 0.3 is 6.18 Å². The Morgan fingerprint density at radius 1 is 1.03 bits per heavy atom. The molecular formula is C26H21F4N3O. The van der Waals surface area contributed by atoms with E-state index in [4.69, 9.17) is 0 Å². The molecule has 2 unspecified atom stereocenters. The van der Waals surface area contributed by atoms with Crippen molar-refractivity contribution in [3.63, 3.8) is 0 Å². The molecular weight excluding hydrogens is 446 g/mol. The number of hydrogen-bond donors (Lipinski definition) is 1. The Labute approximate surface area is 193 Å². The average Bonchev–Trinajstić information content (AvgIpc) is 3.40. The first-order valence-electron chi connectivity index (χ1n) is 10.9. The molecule has 1 heterocycles. The van der Waals surface area contributed by atoms with Crippen LogP contribution in [0.2, 0.25) is 0 Å². The first-order chi connectivity index (χ1) is 16.3. The topological polar surface area (TPSA) is 46.9 Å². The number of carbonyl (C=O) groups is 1. The number of amides is 1. The minimum atomic E-state index is -4.53. The zero-order chi connectivity index (χ0) is 23.9. The largest absolute Gasteiger partial charge is 0.397 e. The normalized spacial score (nSPS) is 19.8. The van der Waals surface area contributed by atoms with Crippen molar-refractivity contribution >= 4 is 16.8 Å². The SMILES string of the molecule is O=C(CC(F)(F)F)NCC1CC1(c1ccccc1)c1ccc2c(cnn2-c2ccc(F)cc2)c1. The van der Waals surface area contributed by atoms with Gasteiger partial charge in [0.05, 0.1) is 17.4 Å². The Morgan fingerprint density at radius 3 is 2.47 bits per heavy atom. The van der Waals surface area contributed by atoms with Crippen LogP contribution in [0.15, 0.2) is 79.0 Å². The van der Waals surface area contributed by atoms with E-state index in [1.165, 1.54) is 12.1 Å². The Bertz CT molecular complexity index is 1330. The Hall–Kier alpha value is -3.68.